The van der Waals surface area contributed by atoms with Gasteiger partial charge in [0.25, 0.3) is 0 Å². The van der Waals surface area contributed by atoms with E-state index in [9.17, 15) is 9.90 Å². The quantitative estimate of drug-likeness (QED) is 0.818. The van der Waals surface area contributed by atoms with Crippen molar-refractivity contribution in [2.75, 3.05) is 7.11 Å². The van der Waals surface area contributed by atoms with E-state index in [0.29, 0.717) is 29.7 Å². The zero-order chi connectivity index (χ0) is 11.9. The van der Waals surface area contributed by atoms with Crippen molar-refractivity contribution in [3.8, 4) is 11.5 Å². The van der Waals surface area contributed by atoms with Crippen molar-refractivity contribution >= 4 is 5.97 Å². The number of phenols is 1. The highest BCUT2D eigenvalue weighted by Gasteiger charge is 2.52. The third kappa shape index (κ3) is 1.41. The molecule has 0 aliphatic heterocycles. The summed E-state index contributed by atoms with van der Waals surface area (Å²) in [5.41, 5.74) is 0.450. The molecule has 0 aromatic heterocycles. The minimum Gasteiger partial charge on any atom is -0.508 e. The third-order valence-corrected chi connectivity index (χ3v) is 3.26. The number of methoxy groups -OCH3 is 1. The summed E-state index contributed by atoms with van der Waals surface area (Å²) in [5, 5.41) is 18.9. The molecule has 1 fully saturated rings. The first-order chi connectivity index (χ1) is 7.51. The lowest BCUT2D eigenvalue weighted by atomic mass is 9.94. The zero-order valence-corrected chi connectivity index (χ0v) is 9.28. The fourth-order valence-corrected chi connectivity index (χ4v) is 1.91. The smallest absolute Gasteiger partial charge is 0.314 e. The van der Waals surface area contributed by atoms with Gasteiger partial charge in [-0.3, -0.25) is 4.79 Å². The Morgan fingerprint density at radius 2 is 2.06 bits per heavy atom. The van der Waals surface area contributed by atoms with Gasteiger partial charge in [-0.05, 0) is 37.5 Å². The van der Waals surface area contributed by atoms with E-state index >= 15 is 0 Å². The van der Waals surface area contributed by atoms with Gasteiger partial charge in [0.1, 0.15) is 11.5 Å². The number of phenolic OH excluding ortho intramolecular Hbond substituents is 1. The maximum atomic E-state index is 11.2. The fraction of sp³-hybridized carbons (Fsp3) is 0.417. The van der Waals surface area contributed by atoms with E-state index in [1.807, 2.05) is 0 Å². The van der Waals surface area contributed by atoms with Crippen molar-refractivity contribution in [3.05, 3.63) is 23.3 Å². The number of aliphatic carboxylic acids is 1. The number of rotatable bonds is 3. The number of aromatic hydroxyl groups is 1. The van der Waals surface area contributed by atoms with E-state index in [4.69, 9.17) is 9.84 Å². The molecule has 86 valence electrons. The molecule has 1 aromatic carbocycles. The van der Waals surface area contributed by atoms with Crippen molar-refractivity contribution in [1.29, 1.82) is 0 Å². The minimum absolute atomic E-state index is 0.0851. The number of hydrogen-bond donors (Lipinski definition) is 2. The molecule has 0 heterocycles. The second kappa shape index (κ2) is 3.40. The summed E-state index contributed by atoms with van der Waals surface area (Å²) in [5.74, 6) is -0.220. The lowest BCUT2D eigenvalue weighted by Crippen LogP contribution is -2.19. The van der Waals surface area contributed by atoms with Crippen LogP contribution in [0.4, 0.5) is 0 Å². The molecule has 0 amide bonds. The Morgan fingerprint density at radius 3 is 2.50 bits per heavy atom. The van der Waals surface area contributed by atoms with E-state index in [0.717, 1.165) is 0 Å². The highest BCUT2D eigenvalue weighted by Crippen LogP contribution is 2.50. The third-order valence-electron chi connectivity index (χ3n) is 3.26. The van der Waals surface area contributed by atoms with E-state index < -0.39 is 11.4 Å². The maximum absolute atomic E-state index is 11.2. The van der Waals surface area contributed by atoms with Crippen LogP contribution >= 0.6 is 0 Å². The minimum atomic E-state index is -0.835. The predicted octanol–water partition coefficient (Wildman–Crippen LogP) is 1.83. The molecular formula is C12H14O4. The second-order valence-electron chi connectivity index (χ2n) is 4.21. The number of hydrogen-bond acceptors (Lipinski definition) is 3. The van der Waals surface area contributed by atoms with Gasteiger partial charge >= 0.3 is 5.97 Å². The van der Waals surface area contributed by atoms with E-state index in [1.165, 1.54) is 13.2 Å². The predicted molar refractivity (Wildman–Crippen MR) is 57.9 cm³/mol. The molecule has 2 N–H and O–H groups in total. The number of benzene rings is 1. The van der Waals surface area contributed by atoms with Gasteiger partial charge in [0.05, 0.1) is 12.5 Å². The second-order valence-corrected chi connectivity index (χ2v) is 4.21. The summed E-state index contributed by atoms with van der Waals surface area (Å²) in [6.07, 6.45) is 1.24. The number of carbonyl (C=O) groups is 1. The fourth-order valence-electron chi connectivity index (χ4n) is 1.91. The summed E-state index contributed by atoms with van der Waals surface area (Å²) < 4.78 is 5.12. The Labute approximate surface area is 93.5 Å². The van der Waals surface area contributed by atoms with Gasteiger partial charge in [-0.2, -0.15) is 0 Å². The molecule has 1 saturated carbocycles. The van der Waals surface area contributed by atoms with Crippen LogP contribution in [0.3, 0.4) is 0 Å². The first-order valence-corrected chi connectivity index (χ1v) is 5.13. The molecule has 0 unspecified atom stereocenters. The SMILES string of the molecule is COc1cc(C2(C(=O)O)CC2)cc(O)c1C. The molecule has 0 spiro atoms. The van der Waals surface area contributed by atoms with Crippen molar-refractivity contribution in [2.45, 2.75) is 25.2 Å². The first kappa shape index (κ1) is 10.8. The summed E-state index contributed by atoms with van der Waals surface area (Å²) >= 11 is 0. The van der Waals surface area contributed by atoms with Crippen molar-refractivity contribution in [1.82, 2.24) is 0 Å². The van der Waals surface area contributed by atoms with Crippen molar-refractivity contribution < 1.29 is 19.7 Å². The Hall–Kier alpha value is -1.71. The average molecular weight is 222 g/mol. The van der Waals surface area contributed by atoms with Gasteiger partial charge in [0.2, 0.25) is 0 Å². The first-order valence-electron chi connectivity index (χ1n) is 5.13. The van der Waals surface area contributed by atoms with Crippen LogP contribution < -0.4 is 4.74 Å². The van der Waals surface area contributed by atoms with Crippen LogP contribution in [0.2, 0.25) is 0 Å². The topological polar surface area (TPSA) is 66.8 Å². The number of carboxylic acid groups (broad SMARTS) is 1. The Kier molecular flexibility index (Phi) is 2.30. The van der Waals surface area contributed by atoms with Crippen LogP contribution in [0, 0.1) is 6.92 Å². The lowest BCUT2D eigenvalue weighted by Gasteiger charge is -2.14. The highest BCUT2D eigenvalue weighted by molar-refractivity contribution is 5.85. The molecule has 1 aromatic rings. The molecule has 4 heteroatoms. The summed E-state index contributed by atoms with van der Waals surface area (Å²) in [6, 6.07) is 3.23. The van der Waals surface area contributed by atoms with E-state index in [2.05, 4.69) is 0 Å². The summed E-state index contributed by atoms with van der Waals surface area (Å²) in [6.45, 7) is 1.73. The monoisotopic (exact) mass is 222 g/mol. The van der Waals surface area contributed by atoms with E-state index in [-0.39, 0.29) is 5.75 Å². The molecule has 16 heavy (non-hydrogen) atoms. The Bertz CT molecular complexity index is 447. The van der Waals surface area contributed by atoms with Crippen LogP contribution in [0.15, 0.2) is 12.1 Å². The standard InChI is InChI=1S/C12H14O4/c1-7-9(13)5-8(6-10(7)16-2)12(3-4-12)11(14)15/h5-6,13H,3-4H2,1-2H3,(H,14,15). The lowest BCUT2D eigenvalue weighted by molar-refractivity contribution is -0.140. The molecule has 0 bridgehead atoms. The molecule has 0 radical (unpaired) electrons. The van der Waals surface area contributed by atoms with E-state index in [1.54, 1.807) is 13.0 Å². The van der Waals surface area contributed by atoms with Crippen LogP contribution in [0.1, 0.15) is 24.0 Å². The Balaban J connectivity index is 2.51. The molecule has 0 saturated heterocycles. The Morgan fingerprint density at radius 1 is 1.44 bits per heavy atom. The van der Waals surface area contributed by atoms with Crippen LogP contribution in [-0.4, -0.2) is 23.3 Å². The number of carboxylic acids is 1. The van der Waals surface area contributed by atoms with Crippen molar-refractivity contribution in [2.24, 2.45) is 0 Å². The van der Waals surface area contributed by atoms with Crippen LogP contribution in [-0.2, 0) is 10.2 Å². The highest BCUT2D eigenvalue weighted by atomic mass is 16.5. The molecule has 2 rings (SSSR count). The van der Waals surface area contributed by atoms with Gasteiger partial charge in [-0.15, -0.1) is 0 Å². The molecule has 1 aliphatic rings. The largest absolute Gasteiger partial charge is 0.508 e. The summed E-state index contributed by atoms with van der Waals surface area (Å²) in [7, 11) is 1.51. The van der Waals surface area contributed by atoms with Gasteiger partial charge < -0.3 is 14.9 Å². The van der Waals surface area contributed by atoms with Gasteiger partial charge in [0.15, 0.2) is 0 Å². The van der Waals surface area contributed by atoms with Crippen LogP contribution in [0.25, 0.3) is 0 Å². The maximum Gasteiger partial charge on any atom is 0.314 e. The average Bonchev–Trinajstić information content (AvgIpc) is 3.02. The van der Waals surface area contributed by atoms with Crippen molar-refractivity contribution in [3.63, 3.8) is 0 Å². The molecule has 0 atom stereocenters. The molecular weight excluding hydrogens is 208 g/mol. The zero-order valence-electron chi connectivity index (χ0n) is 9.28. The number of ether oxygens (including phenoxy) is 1. The van der Waals surface area contributed by atoms with Gasteiger partial charge in [-0.1, -0.05) is 0 Å². The normalized spacial score (nSPS) is 16.9. The van der Waals surface area contributed by atoms with Gasteiger partial charge in [0, 0.05) is 5.56 Å². The summed E-state index contributed by atoms with van der Waals surface area (Å²) in [4.78, 5) is 11.2. The van der Waals surface area contributed by atoms with Crippen LogP contribution in [0.5, 0.6) is 11.5 Å². The van der Waals surface area contributed by atoms with Gasteiger partial charge in [-0.25, -0.2) is 0 Å². The molecule has 1 aliphatic carbocycles. The molecule has 4 nitrogen and oxygen atoms in total.